The number of rotatable bonds is 7. The minimum absolute atomic E-state index is 0.227. The third-order valence-corrected chi connectivity index (χ3v) is 2.61. The summed E-state index contributed by atoms with van der Waals surface area (Å²) >= 11 is 0. The molecule has 0 saturated heterocycles. The highest BCUT2D eigenvalue weighted by Gasteiger charge is 1.98. The highest BCUT2D eigenvalue weighted by molar-refractivity contribution is 5.21. The highest BCUT2D eigenvalue weighted by atomic mass is 19.1. The molecule has 0 bridgehead atoms. The van der Waals surface area contributed by atoms with E-state index in [2.05, 4.69) is 12.2 Å². The second kappa shape index (κ2) is 7.23. The molecule has 0 heterocycles. The van der Waals surface area contributed by atoms with Crippen LogP contribution in [0.1, 0.15) is 26.2 Å². The fraction of sp³-hybridized carbons (Fsp3) is 0.538. The number of nitrogens with one attached hydrogen (secondary N) is 1. The molecule has 16 heavy (non-hydrogen) atoms. The average molecular weight is 225 g/mol. The monoisotopic (exact) mass is 225 g/mol. The number of hydrogen-bond donors (Lipinski definition) is 1. The van der Waals surface area contributed by atoms with Crippen molar-refractivity contribution in [2.45, 2.75) is 32.2 Å². The number of benzene rings is 1. The van der Waals surface area contributed by atoms with Crippen LogP contribution in [-0.4, -0.2) is 19.7 Å². The molecule has 1 atom stereocenters. The van der Waals surface area contributed by atoms with Crippen LogP contribution in [0, 0.1) is 5.82 Å². The Hall–Kier alpha value is -1.09. The summed E-state index contributed by atoms with van der Waals surface area (Å²) in [5.41, 5.74) is 0. The van der Waals surface area contributed by atoms with E-state index in [0.29, 0.717) is 12.6 Å². The zero-order valence-electron chi connectivity index (χ0n) is 10.0. The summed E-state index contributed by atoms with van der Waals surface area (Å²) in [6.45, 7) is 2.86. The highest BCUT2D eigenvalue weighted by Crippen LogP contribution is 2.11. The van der Waals surface area contributed by atoms with Crippen molar-refractivity contribution < 1.29 is 9.13 Å². The van der Waals surface area contributed by atoms with Gasteiger partial charge in [0.15, 0.2) is 0 Å². The summed E-state index contributed by atoms with van der Waals surface area (Å²) in [5, 5.41) is 3.20. The van der Waals surface area contributed by atoms with Crippen LogP contribution in [-0.2, 0) is 0 Å². The first kappa shape index (κ1) is 13.0. The van der Waals surface area contributed by atoms with Crippen molar-refractivity contribution in [2.24, 2.45) is 0 Å². The Morgan fingerprint density at radius 3 is 2.56 bits per heavy atom. The molecule has 0 fully saturated rings. The van der Waals surface area contributed by atoms with Crippen molar-refractivity contribution in [3.05, 3.63) is 30.1 Å². The molecule has 0 radical (unpaired) electrons. The molecule has 0 saturated carbocycles. The van der Waals surface area contributed by atoms with E-state index in [0.717, 1.165) is 25.0 Å². The second-order valence-electron chi connectivity index (χ2n) is 3.99. The van der Waals surface area contributed by atoms with Crippen molar-refractivity contribution in [1.29, 1.82) is 0 Å². The predicted molar refractivity (Wildman–Crippen MR) is 64.3 cm³/mol. The smallest absolute Gasteiger partial charge is 0.123 e. The van der Waals surface area contributed by atoms with Gasteiger partial charge in [0.2, 0.25) is 0 Å². The maximum Gasteiger partial charge on any atom is 0.123 e. The largest absolute Gasteiger partial charge is 0.494 e. The maximum atomic E-state index is 12.6. The number of unbranched alkanes of at least 4 members (excludes halogenated alkanes) is 1. The van der Waals surface area contributed by atoms with E-state index in [9.17, 15) is 4.39 Å². The van der Waals surface area contributed by atoms with Gasteiger partial charge < -0.3 is 10.1 Å². The van der Waals surface area contributed by atoms with E-state index in [1.165, 1.54) is 12.1 Å². The first-order valence-electron chi connectivity index (χ1n) is 5.78. The second-order valence-corrected chi connectivity index (χ2v) is 3.99. The minimum Gasteiger partial charge on any atom is -0.494 e. The molecule has 0 aliphatic heterocycles. The Bertz CT molecular complexity index is 286. The van der Waals surface area contributed by atoms with Gasteiger partial charge in [-0.15, -0.1) is 0 Å². The van der Waals surface area contributed by atoms with Crippen LogP contribution in [0.4, 0.5) is 4.39 Å². The summed E-state index contributed by atoms with van der Waals surface area (Å²) in [7, 11) is 1.97. The van der Waals surface area contributed by atoms with Crippen molar-refractivity contribution in [3.8, 4) is 5.75 Å². The Balaban J connectivity index is 2.09. The first-order chi connectivity index (χ1) is 7.72. The van der Waals surface area contributed by atoms with Gasteiger partial charge in [-0.1, -0.05) is 0 Å². The lowest BCUT2D eigenvalue weighted by Gasteiger charge is -2.10. The lowest BCUT2D eigenvalue weighted by molar-refractivity contribution is 0.302. The fourth-order valence-electron chi connectivity index (χ4n) is 1.42. The molecule has 1 unspecified atom stereocenters. The molecular weight excluding hydrogens is 205 g/mol. The first-order valence-corrected chi connectivity index (χ1v) is 5.78. The Labute approximate surface area is 96.8 Å². The summed E-state index contributed by atoms with van der Waals surface area (Å²) in [6, 6.07) is 6.71. The van der Waals surface area contributed by atoms with Gasteiger partial charge in [-0.3, -0.25) is 0 Å². The molecule has 2 nitrogen and oxygen atoms in total. The molecular formula is C13H20FNO. The molecule has 0 aliphatic carbocycles. The molecule has 1 N–H and O–H groups in total. The molecule has 0 aliphatic rings. The fourth-order valence-corrected chi connectivity index (χ4v) is 1.42. The van der Waals surface area contributed by atoms with Gasteiger partial charge in [-0.25, -0.2) is 4.39 Å². The lowest BCUT2D eigenvalue weighted by atomic mass is 10.1. The van der Waals surface area contributed by atoms with E-state index >= 15 is 0 Å². The Morgan fingerprint density at radius 2 is 1.94 bits per heavy atom. The molecule has 0 spiro atoms. The van der Waals surface area contributed by atoms with Crippen molar-refractivity contribution in [2.75, 3.05) is 13.7 Å². The molecule has 1 rings (SSSR count). The zero-order chi connectivity index (χ0) is 11.8. The number of ether oxygens (including phenoxy) is 1. The maximum absolute atomic E-state index is 12.6. The van der Waals surface area contributed by atoms with Crippen LogP contribution in [0.3, 0.4) is 0 Å². The van der Waals surface area contributed by atoms with Gasteiger partial charge in [0.1, 0.15) is 11.6 Å². The van der Waals surface area contributed by atoms with E-state index in [1.807, 2.05) is 7.05 Å². The molecule has 3 heteroatoms. The standard InChI is InChI=1S/C13H20FNO/c1-11(15-2)5-3-4-10-16-13-8-6-12(14)7-9-13/h6-9,11,15H,3-5,10H2,1-2H3. The van der Waals surface area contributed by atoms with Crippen LogP contribution in [0.5, 0.6) is 5.75 Å². The third-order valence-electron chi connectivity index (χ3n) is 2.61. The van der Waals surface area contributed by atoms with Gasteiger partial charge in [-0.2, -0.15) is 0 Å². The van der Waals surface area contributed by atoms with Crippen LogP contribution in [0.15, 0.2) is 24.3 Å². The zero-order valence-corrected chi connectivity index (χ0v) is 10.0. The van der Waals surface area contributed by atoms with Crippen LogP contribution >= 0.6 is 0 Å². The summed E-state index contributed by atoms with van der Waals surface area (Å²) in [5.74, 6) is 0.512. The SMILES string of the molecule is CNC(C)CCCCOc1ccc(F)cc1. The topological polar surface area (TPSA) is 21.3 Å². The Morgan fingerprint density at radius 1 is 1.25 bits per heavy atom. The van der Waals surface area contributed by atoms with E-state index in [4.69, 9.17) is 4.74 Å². The number of hydrogen-bond acceptors (Lipinski definition) is 2. The molecule has 0 aromatic heterocycles. The summed E-state index contributed by atoms with van der Waals surface area (Å²) < 4.78 is 18.1. The third kappa shape index (κ3) is 5.12. The molecule has 90 valence electrons. The van der Waals surface area contributed by atoms with Gasteiger partial charge in [-0.05, 0) is 57.5 Å². The summed E-state index contributed by atoms with van der Waals surface area (Å²) in [6.07, 6.45) is 3.33. The molecule has 1 aromatic rings. The van der Waals surface area contributed by atoms with Gasteiger partial charge >= 0.3 is 0 Å². The van der Waals surface area contributed by atoms with Crippen LogP contribution in [0.2, 0.25) is 0 Å². The molecule has 1 aromatic carbocycles. The normalized spacial score (nSPS) is 12.4. The molecule has 0 amide bonds. The number of halogens is 1. The van der Waals surface area contributed by atoms with Crippen LogP contribution < -0.4 is 10.1 Å². The van der Waals surface area contributed by atoms with Crippen molar-refractivity contribution >= 4 is 0 Å². The van der Waals surface area contributed by atoms with Gasteiger partial charge in [0.25, 0.3) is 0 Å². The van der Waals surface area contributed by atoms with Crippen LogP contribution in [0.25, 0.3) is 0 Å². The van der Waals surface area contributed by atoms with E-state index in [-0.39, 0.29) is 5.82 Å². The van der Waals surface area contributed by atoms with Crippen molar-refractivity contribution in [1.82, 2.24) is 5.32 Å². The van der Waals surface area contributed by atoms with Gasteiger partial charge in [0, 0.05) is 6.04 Å². The Kier molecular flexibility index (Phi) is 5.86. The van der Waals surface area contributed by atoms with Crippen molar-refractivity contribution in [3.63, 3.8) is 0 Å². The average Bonchev–Trinajstić information content (AvgIpc) is 2.31. The predicted octanol–water partition coefficient (Wildman–Crippen LogP) is 2.98. The lowest BCUT2D eigenvalue weighted by Crippen LogP contribution is -2.20. The quantitative estimate of drug-likeness (QED) is 0.720. The van der Waals surface area contributed by atoms with Gasteiger partial charge in [0.05, 0.1) is 6.61 Å². The minimum atomic E-state index is -0.227. The van der Waals surface area contributed by atoms with E-state index < -0.39 is 0 Å². The summed E-state index contributed by atoms with van der Waals surface area (Å²) in [4.78, 5) is 0. The van der Waals surface area contributed by atoms with E-state index in [1.54, 1.807) is 12.1 Å².